The normalized spacial score (nSPS) is 11.5. The summed E-state index contributed by atoms with van der Waals surface area (Å²) in [6.07, 6.45) is 0.925. The predicted molar refractivity (Wildman–Crippen MR) is 127 cm³/mol. The predicted octanol–water partition coefficient (Wildman–Crippen LogP) is 4.75. The Hall–Kier alpha value is -4.39. The number of para-hydroxylation sites is 1. The maximum Gasteiger partial charge on any atom is 0.335 e. The van der Waals surface area contributed by atoms with E-state index in [1.165, 1.54) is 29.8 Å². The first-order valence-electron chi connectivity index (χ1n) is 10.5. The summed E-state index contributed by atoms with van der Waals surface area (Å²) in [5, 5.41) is 25.1. The number of nitrogens with zero attached hydrogens (tertiary/aromatic N) is 2. The third kappa shape index (κ3) is 4.21. The third-order valence-electron chi connectivity index (χ3n) is 5.53. The van der Waals surface area contributed by atoms with Gasteiger partial charge in [-0.05, 0) is 61.4 Å². The number of fused-ring (bicyclic) bond motifs is 1. The highest BCUT2D eigenvalue weighted by Crippen LogP contribution is 2.34. The highest BCUT2D eigenvalue weighted by atomic mass is 16.4. The number of nitrogens with one attached hydrogen (secondary N) is 1. The highest BCUT2D eigenvalue weighted by Gasteiger charge is 2.20. The number of amides is 1. The smallest absolute Gasteiger partial charge is 0.335 e. The van der Waals surface area contributed by atoms with Gasteiger partial charge in [-0.2, -0.15) is 5.10 Å². The molecule has 7 heteroatoms. The topological polar surface area (TPSA) is 104 Å². The molecule has 0 radical (unpaired) electrons. The van der Waals surface area contributed by atoms with Crippen LogP contribution < -0.4 is 5.43 Å². The van der Waals surface area contributed by atoms with Crippen LogP contribution in [0, 0.1) is 0 Å². The number of aromatic carboxylic acids is 1. The summed E-state index contributed by atoms with van der Waals surface area (Å²) in [5.74, 6) is -1.52. The van der Waals surface area contributed by atoms with Gasteiger partial charge in [0.1, 0.15) is 0 Å². The third-order valence-corrected chi connectivity index (χ3v) is 5.53. The summed E-state index contributed by atoms with van der Waals surface area (Å²) in [6, 6.07) is 21.1. The second-order valence-corrected chi connectivity index (χ2v) is 7.59. The second kappa shape index (κ2) is 9.00. The van der Waals surface area contributed by atoms with E-state index in [4.69, 9.17) is 5.11 Å². The number of hydrogen-bond acceptors (Lipinski definition) is 4. The summed E-state index contributed by atoms with van der Waals surface area (Å²) in [6.45, 7) is 3.80. The van der Waals surface area contributed by atoms with Crippen molar-refractivity contribution in [1.29, 1.82) is 0 Å². The number of hydrazone groups is 1. The summed E-state index contributed by atoms with van der Waals surface area (Å²) >= 11 is 0. The van der Waals surface area contributed by atoms with Crippen LogP contribution in [0.4, 0.5) is 0 Å². The molecule has 166 valence electrons. The Morgan fingerprint density at radius 2 is 1.58 bits per heavy atom. The monoisotopic (exact) mass is 441 g/mol. The quantitative estimate of drug-likeness (QED) is 0.297. The summed E-state index contributed by atoms with van der Waals surface area (Å²) in [5.41, 5.74) is 6.65. The Morgan fingerprint density at radius 1 is 0.939 bits per heavy atom. The molecular formula is C26H23N3O4. The van der Waals surface area contributed by atoms with E-state index >= 15 is 0 Å². The molecule has 3 N–H and O–H groups in total. The van der Waals surface area contributed by atoms with Crippen molar-refractivity contribution in [3.05, 3.63) is 95.1 Å². The lowest BCUT2D eigenvalue weighted by molar-refractivity contribution is 0.0696. The van der Waals surface area contributed by atoms with E-state index in [1.54, 1.807) is 11.5 Å². The molecule has 4 aromatic rings. The van der Waals surface area contributed by atoms with Gasteiger partial charge < -0.3 is 10.2 Å². The molecular weight excluding hydrogens is 418 g/mol. The molecule has 1 heterocycles. The Labute approximate surface area is 190 Å². The van der Waals surface area contributed by atoms with Crippen molar-refractivity contribution < 1.29 is 19.8 Å². The Morgan fingerprint density at radius 3 is 2.21 bits per heavy atom. The van der Waals surface area contributed by atoms with Crippen LogP contribution in [0.25, 0.3) is 16.6 Å². The Kier molecular flexibility index (Phi) is 5.95. The van der Waals surface area contributed by atoms with Crippen molar-refractivity contribution in [3.8, 4) is 11.6 Å². The molecule has 0 unspecified atom stereocenters. The maximum atomic E-state index is 12.5. The van der Waals surface area contributed by atoms with Gasteiger partial charge >= 0.3 is 5.97 Å². The number of carboxylic acids is 1. The van der Waals surface area contributed by atoms with Gasteiger partial charge in [0.05, 0.1) is 22.4 Å². The van der Waals surface area contributed by atoms with Crippen LogP contribution in [0.2, 0.25) is 0 Å². The minimum atomic E-state index is -1.06. The molecule has 3 aromatic carbocycles. The molecule has 1 amide bonds. The molecule has 0 saturated carbocycles. The standard InChI is InChI=1S/C26H23N3O4/c1-3-17-8-14-20(15-9-17)29-22-7-5-4-6-21(22)23(25(29)31)16(2)27-28-24(30)18-10-12-19(13-11-18)26(32)33/h4-15,31H,3H2,1-2H3,(H,28,30)(H,32,33). The summed E-state index contributed by atoms with van der Waals surface area (Å²) in [4.78, 5) is 23.4. The molecule has 1 aromatic heterocycles. The molecule has 0 saturated heterocycles. The van der Waals surface area contributed by atoms with Crippen molar-refractivity contribution >= 4 is 28.5 Å². The molecule has 0 spiro atoms. The zero-order valence-electron chi connectivity index (χ0n) is 18.2. The van der Waals surface area contributed by atoms with Gasteiger partial charge in [-0.3, -0.25) is 9.36 Å². The average Bonchev–Trinajstić information content (AvgIpc) is 3.14. The van der Waals surface area contributed by atoms with E-state index in [0.29, 0.717) is 11.3 Å². The van der Waals surface area contributed by atoms with Gasteiger partial charge in [0, 0.05) is 16.6 Å². The number of carbonyl (C=O) groups excluding carboxylic acids is 1. The van der Waals surface area contributed by atoms with Gasteiger partial charge in [-0.25, -0.2) is 10.2 Å². The first-order chi connectivity index (χ1) is 15.9. The molecule has 33 heavy (non-hydrogen) atoms. The van der Waals surface area contributed by atoms with E-state index in [2.05, 4.69) is 17.5 Å². The molecule has 0 aliphatic carbocycles. The van der Waals surface area contributed by atoms with Crippen LogP contribution in [-0.2, 0) is 6.42 Å². The van der Waals surface area contributed by atoms with Gasteiger partial charge in [0.15, 0.2) is 0 Å². The lowest BCUT2D eigenvalue weighted by Crippen LogP contribution is -2.19. The number of carboxylic acid groups (broad SMARTS) is 1. The second-order valence-electron chi connectivity index (χ2n) is 7.59. The number of hydrogen-bond donors (Lipinski definition) is 3. The van der Waals surface area contributed by atoms with E-state index in [1.807, 2.05) is 48.5 Å². The number of aromatic nitrogens is 1. The molecule has 0 fully saturated rings. The van der Waals surface area contributed by atoms with Crippen LogP contribution >= 0.6 is 0 Å². The fourth-order valence-electron chi connectivity index (χ4n) is 3.74. The fraction of sp³-hybridized carbons (Fsp3) is 0.115. The largest absolute Gasteiger partial charge is 0.494 e. The maximum absolute atomic E-state index is 12.5. The minimum absolute atomic E-state index is 0.0294. The number of rotatable bonds is 6. The Balaban J connectivity index is 1.68. The van der Waals surface area contributed by atoms with E-state index < -0.39 is 11.9 Å². The van der Waals surface area contributed by atoms with Crippen molar-refractivity contribution in [2.24, 2.45) is 5.10 Å². The number of benzene rings is 3. The lowest BCUT2D eigenvalue weighted by Gasteiger charge is -2.08. The average molecular weight is 441 g/mol. The minimum Gasteiger partial charge on any atom is -0.494 e. The van der Waals surface area contributed by atoms with E-state index in [0.717, 1.165) is 23.0 Å². The van der Waals surface area contributed by atoms with Gasteiger partial charge in [0.25, 0.3) is 5.91 Å². The lowest BCUT2D eigenvalue weighted by atomic mass is 10.1. The van der Waals surface area contributed by atoms with Crippen LogP contribution in [0.5, 0.6) is 5.88 Å². The molecule has 0 aliphatic rings. The van der Waals surface area contributed by atoms with Gasteiger partial charge in [-0.1, -0.05) is 37.3 Å². The van der Waals surface area contributed by atoms with Crippen LogP contribution in [-0.4, -0.2) is 32.4 Å². The molecule has 0 aliphatic heterocycles. The van der Waals surface area contributed by atoms with E-state index in [9.17, 15) is 14.7 Å². The first-order valence-corrected chi connectivity index (χ1v) is 10.5. The number of aromatic hydroxyl groups is 1. The van der Waals surface area contributed by atoms with Gasteiger partial charge in [0.2, 0.25) is 5.88 Å². The van der Waals surface area contributed by atoms with Crippen LogP contribution in [0.15, 0.2) is 77.9 Å². The van der Waals surface area contributed by atoms with Crippen molar-refractivity contribution in [3.63, 3.8) is 0 Å². The van der Waals surface area contributed by atoms with Crippen molar-refractivity contribution in [2.45, 2.75) is 20.3 Å². The zero-order valence-corrected chi connectivity index (χ0v) is 18.2. The van der Waals surface area contributed by atoms with Crippen LogP contribution in [0.1, 0.15) is 45.7 Å². The fourth-order valence-corrected chi connectivity index (χ4v) is 3.74. The zero-order chi connectivity index (χ0) is 23.5. The van der Waals surface area contributed by atoms with Gasteiger partial charge in [-0.15, -0.1) is 0 Å². The SMILES string of the molecule is CCc1ccc(-n2c(O)c(C(C)=NNC(=O)c3ccc(C(=O)O)cc3)c3ccccc32)cc1. The molecule has 4 rings (SSSR count). The van der Waals surface area contributed by atoms with Crippen LogP contribution in [0.3, 0.4) is 0 Å². The first kappa shape index (κ1) is 21.8. The van der Waals surface area contributed by atoms with Crippen molar-refractivity contribution in [2.75, 3.05) is 0 Å². The summed E-state index contributed by atoms with van der Waals surface area (Å²) < 4.78 is 1.76. The summed E-state index contributed by atoms with van der Waals surface area (Å²) in [7, 11) is 0. The number of aryl methyl sites for hydroxylation is 1. The Bertz CT molecular complexity index is 1370. The molecule has 7 nitrogen and oxygen atoms in total. The van der Waals surface area contributed by atoms with Crippen molar-refractivity contribution in [1.82, 2.24) is 9.99 Å². The highest BCUT2D eigenvalue weighted by molar-refractivity contribution is 6.13. The molecule has 0 bridgehead atoms. The van der Waals surface area contributed by atoms with E-state index in [-0.39, 0.29) is 17.0 Å². The molecule has 0 atom stereocenters. The number of carbonyl (C=O) groups is 2.